The first-order chi connectivity index (χ1) is 9.98. The van der Waals surface area contributed by atoms with Crippen molar-refractivity contribution in [2.24, 2.45) is 29.6 Å². The van der Waals surface area contributed by atoms with Crippen LogP contribution >= 0.6 is 23.5 Å². The number of ketones is 1. The number of rotatable bonds is 2. The lowest BCUT2D eigenvalue weighted by molar-refractivity contribution is -0.121. The van der Waals surface area contributed by atoms with Crippen LogP contribution < -0.4 is 0 Å². The number of fused-ring (bicyclic) bond motifs is 5. The second-order valence-corrected chi connectivity index (χ2v) is 16.5. The first-order valence-electron chi connectivity index (χ1n) is 8.44. The Balaban J connectivity index is 1.72. The van der Waals surface area contributed by atoms with E-state index in [1.807, 2.05) is 0 Å². The predicted octanol–water partition coefficient (Wildman–Crippen LogP) is 4.53. The molecule has 3 fully saturated rings. The molecule has 116 valence electrons. The zero-order valence-corrected chi connectivity index (χ0v) is 15.9. The molecule has 3 aliphatic carbocycles. The minimum atomic E-state index is -1.44. The zero-order valence-electron chi connectivity index (χ0n) is 13.2. The molecule has 0 aromatic carbocycles. The van der Waals surface area contributed by atoms with Gasteiger partial charge in [-0.3, -0.25) is 4.79 Å². The average molecular weight is 339 g/mol. The SMILES string of the molecule is C[Si](C)(C)[C@H]1C(=O)[C@@H]2[C@H]([C@@H]1C1SCCCS1)[C@H]1C=C[C@@H]2C1. The van der Waals surface area contributed by atoms with Gasteiger partial charge in [0.15, 0.2) is 0 Å². The summed E-state index contributed by atoms with van der Waals surface area (Å²) >= 11 is 4.34. The Labute approximate surface area is 138 Å². The summed E-state index contributed by atoms with van der Waals surface area (Å²) in [5.41, 5.74) is 0.417. The summed E-state index contributed by atoms with van der Waals surface area (Å²) in [7, 11) is -1.44. The van der Waals surface area contributed by atoms with E-state index in [1.165, 1.54) is 24.3 Å². The van der Waals surface area contributed by atoms with Gasteiger partial charge in [0.1, 0.15) is 5.78 Å². The van der Waals surface area contributed by atoms with E-state index in [0.717, 1.165) is 5.92 Å². The van der Waals surface area contributed by atoms with Crippen molar-refractivity contribution in [1.82, 2.24) is 0 Å². The van der Waals surface area contributed by atoms with Crippen molar-refractivity contribution in [2.45, 2.75) is 42.6 Å². The lowest BCUT2D eigenvalue weighted by Crippen LogP contribution is -2.40. The standard InChI is InChI=1S/C17H26OS2Si/c1-21(2,3)16-14(17-19-7-4-8-20-17)12-10-5-6-11(9-10)13(12)15(16)18/h5-6,10-14,16-17H,4,7-9H2,1-3H3/t10-,11+,12+,13-,14-,16+/m0/s1. The Morgan fingerprint density at radius 3 is 2.38 bits per heavy atom. The molecule has 1 heterocycles. The van der Waals surface area contributed by atoms with Gasteiger partial charge in [-0.15, -0.1) is 23.5 Å². The molecule has 1 saturated heterocycles. The van der Waals surface area contributed by atoms with E-state index in [0.29, 0.717) is 39.6 Å². The first kappa shape index (κ1) is 14.9. The highest BCUT2D eigenvalue weighted by Gasteiger charge is 2.63. The van der Waals surface area contributed by atoms with Crippen molar-refractivity contribution < 1.29 is 4.79 Å². The van der Waals surface area contributed by atoms with Gasteiger partial charge in [0, 0.05) is 11.5 Å². The van der Waals surface area contributed by atoms with Gasteiger partial charge >= 0.3 is 0 Å². The van der Waals surface area contributed by atoms with E-state index in [2.05, 4.69) is 55.3 Å². The van der Waals surface area contributed by atoms with Crippen molar-refractivity contribution in [3.05, 3.63) is 12.2 Å². The smallest absolute Gasteiger partial charge is 0.137 e. The van der Waals surface area contributed by atoms with Crippen molar-refractivity contribution in [1.29, 1.82) is 0 Å². The normalized spacial score (nSPS) is 46.3. The van der Waals surface area contributed by atoms with E-state index < -0.39 is 8.07 Å². The molecule has 2 bridgehead atoms. The molecule has 4 heteroatoms. The molecule has 0 unspecified atom stereocenters. The molecule has 1 nitrogen and oxygen atoms in total. The quantitative estimate of drug-likeness (QED) is 0.544. The topological polar surface area (TPSA) is 17.1 Å². The molecule has 1 aliphatic heterocycles. The van der Waals surface area contributed by atoms with Gasteiger partial charge in [0.05, 0.1) is 12.7 Å². The molecule has 0 spiro atoms. The van der Waals surface area contributed by atoms with Crippen molar-refractivity contribution in [2.75, 3.05) is 11.5 Å². The number of carbonyl (C=O) groups excluding carboxylic acids is 1. The van der Waals surface area contributed by atoms with Crippen LogP contribution in [0, 0.1) is 29.6 Å². The molecule has 6 atom stereocenters. The highest BCUT2D eigenvalue weighted by molar-refractivity contribution is 8.17. The summed E-state index contributed by atoms with van der Waals surface area (Å²) in [6, 6.07) is 0. The van der Waals surface area contributed by atoms with Gasteiger partial charge in [-0.25, -0.2) is 0 Å². The maximum atomic E-state index is 13.3. The fourth-order valence-electron chi connectivity index (χ4n) is 5.48. The van der Waals surface area contributed by atoms with Crippen LogP contribution in [0.3, 0.4) is 0 Å². The maximum Gasteiger partial charge on any atom is 0.137 e. The van der Waals surface area contributed by atoms with Crippen molar-refractivity contribution in [3.63, 3.8) is 0 Å². The minimum absolute atomic E-state index is 0.393. The summed E-state index contributed by atoms with van der Waals surface area (Å²) in [6.45, 7) is 7.28. The fourth-order valence-corrected chi connectivity index (χ4v) is 11.7. The van der Waals surface area contributed by atoms with Crippen LogP contribution in [0.2, 0.25) is 25.2 Å². The third kappa shape index (κ3) is 2.23. The van der Waals surface area contributed by atoms with Crippen LogP contribution in [-0.4, -0.2) is 29.9 Å². The van der Waals surface area contributed by atoms with Gasteiger partial charge < -0.3 is 0 Å². The molecular weight excluding hydrogens is 312 g/mol. The maximum absolute atomic E-state index is 13.3. The second-order valence-electron chi connectivity index (χ2n) is 8.34. The van der Waals surface area contributed by atoms with Crippen molar-refractivity contribution in [3.8, 4) is 0 Å². The number of hydrogen-bond donors (Lipinski definition) is 0. The third-order valence-corrected chi connectivity index (χ3v) is 11.8. The van der Waals surface area contributed by atoms with Crippen LogP contribution in [-0.2, 0) is 4.79 Å². The molecule has 0 N–H and O–H groups in total. The molecule has 21 heavy (non-hydrogen) atoms. The van der Waals surface area contributed by atoms with Gasteiger partial charge in [-0.05, 0) is 48.0 Å². The Morgan fingerprint density at radius 2 is 1.71 bits per heavy atom. The van der Waals surface area contributed by atoms with E-state index in [9.17, 15) is 4.79 Å². The van der Waals surface area contributed by atoms with E-state index in [1.54, 1.807) is 0 Å². The molecule has 0 amide bonds. The predicted molar refractivity (Wildman–Crippen MR) is 96.6 cm³/mol. The van der Waals surface area contributed by atoms with Gasteiger partial charge in [-0.2, -0.15) is 0 Å². The first-order valence-corrected chi connectivity index (χ1v) is 14.1. The number of allylic oxidation sites excluding steroid dienone is 2. The lowest BCUT2D eigenvalue weighted by atomic mass is 9.81. The molecular formula is C17H26OS2Si. The molecule has 2 saturated carbocycles. The van der Waals surface area contributed by atoms with E-state index in [4.69, 9.17) is 0 Å². The largest absolute Gasteiger partial charge is 0.299 e. The molecule has 0 aromatic heterocycles. The molecule has 0 aromatic rings. The summed E-state index contributed by atoms with van der Waals surface area (Å²) in [5.74, 6) is 6.35. The van der Waals surface area contributed by atoms with Gasteiger partial charge in [-0.1, -0.05) is 31.8 Å². The Hall–Kier alpha value is 0.327. The zero-order chi connectivity index (χ0) is 14.8. The van der Waals surface area contributed by atoms with E-state index >= 15 is 0 Å². The number of Topliss-reactive ketones (excluding diaryl/α,β-unsaturated/α-hetero) is 1. The summed E-state index contributed by atoms with van der Waals surface area (Å²) in [5, 5.41) is 0. The monoisotopic (exact) mass is 338 g/mol. The molecule has 4 aliphatic rings. The second kappa shape index (κ2) is 5.17. The summed E-state index contributed by atoms with van der Waals surface area (Å²) in [6.07, 6.45) is 7.45. The van der Waals surface area contributed by atoms with E-state index in [-0.39, 0.29) is 0 Å². The average Bonchev–Trinajstić information content (AvgIpc) is 3.10. The summed E-state index contributed by atoms with van der Waals surface area (Å²) in [4.78, 5) is 13.3. The number of carbonyl (C=O) groups is 1. The number of thioether (sulfide) groups is 2. The van der Waals surface area contributed by atoms with Crippen LogP contribution in [0.5, 0.6) is 0 Å². The minimum Gasteiger partial charge on any atom is -0.299 e. The van der Waals surface area contributed by atoms with Crippen LogP contribution in [0.15, 0.2) is 12.2 Å². The van der Waals surface area contributed by atoms with Gasteiger partial charge in [0.2, 0.25) is 0 Å². The Morgan fingerprint density at radius 1 is 1.05 bits per heavy atom. The van der Waals surface area contributed by atoms with Crippen LogP contribution in [0.25, 0.3) is 0 Å². The lowest BCUT2D eigenvalue weighted by Gasteiger charge is -2.39. The summed E-state index contributed by atoms with van der Waals surface area (Å²) < 4.78 is 0.696. The fraction of sp³-hybridized carbons (Fsp3) is 0.824. The molecule has 4 rings (SSSR count). The Bertz CT molecular complexity index is 478. The van der Waals surface area contributed by atoms with Crippen LogP contribution in [0.4, 0.5) is 0 Å². The third-order valence-electron chi connectivity index (χ3n) is 6.08. The molecule has 0 radical (unpaired) electrons. The number of hydrogen-bond acceptors (Lipinski definition) is 3. The Kier molecular flexibility index (Phi) is 3.66. The van der Waals surface area contributed by atoms with Crippen molar-refractivity contribution >= 4 is 37.4 Å². The highest BCUT2D eigenvalue weighted by atomic mass is 32.2. The van der Waals surface area contributed by atoms with Gasteiger partial charge in [0.25, 0.3) is 0 Å². The van der Waals surface area contributed by atoms with Crippen LogP contribution in [0.1, 0.15) is 12.8 Å². The highest BCUT2D eigenvalue weighted by Crippen LogP contribution is 2.64.